The van der Waals surface area contributed by atoms with Crippen molar-refractivity contribution in [2.75, 3.05) is 27.2 Å². The van der Waals surface area contributed by atoms with Crippen LogP contribution in [0.25, 0.3) is 0 Å². The molecular weight excluding hydrogens is 282 g/mol. The first-order valence-corrected chi connectivity index (χ1v) is 9.14. The number of hydrogen-bond acceptors (Lipinski definition) is 2. The van der Waals surface area contributed by atoms with E-state index < -0.39 is 0 Å². The Morgan fingerprint density at radius 1 is 0.870 bits per heavy atom. The van der Waals surface area contributed by atoms with E-state index in [4.69, 9.17) is 4.74 Å². The average molecular weight is 328 g/mol. The molecule has 0 heterocycles. The van der Waals surface area contributed by atoms with Crippen LogP contribution in [0.15, 0.2) is 43.0 Å². The molecule has 1 aromatic rings. The Bertz CT molecular complexity index is 245. The van der Waals surface area contributed by atoms with Gasteiger partial charge < -0.3 is 9.64 Å². The number of rotatable bonds is 4. The second-order valence-corrected chi connectivity index (χ2v) is 3.31. The Morgan fingerprint density at radius 3 is 1.48 bits per heavy atom. The van der Waals surface area contributed by atoms with Crippen molar-refractivity contribution in [2.45, 2.75) is 62.3 Å². The molecule has 0 fully saturated rings. The van der Waals surface area contributed by atoms with Crippen LogP contribution in [0.4, 0.5) is 0 Å². The van der Waals surface area contributed by atoms with Gasteiger partial charge in [-0.2, -0.15) is 0 Å². The molecule has 0 aliphatic heterocycles. The predicted molar refractivity (Wildman–Crippen MR) is 112 cm³/mol. The molecule has 0 unspecified atom stereocenters. The van der Waals surface area contributed by atoms with E-state index in [-0.39, 0.29) is 0 Å². The third-order valence-corrected chi connectivity index (χ3v) is 1.74. The highest BCUT2D eigenvalue weighted by Gasteiger charge is 1.84. The topological polar surface area (TPSA) is 12.5 Å². The largest absolute Gasteiger partial charge is 0.490 e. The number of benzene rings is 1. The van der Waals surface area contributed by atoms with Crippen molar-refractivity contribution < 1.29 is 4.74 Å². The minimum atomic E-state index is 0.573. The lowest BCUT2D eigenvalue weighted by Gasteiger charge is -2.00. The standard InChI is InChI=1S/C9H10O.C4H11N.4C2H6/c1-2-8-10-9-6-4-3-5-7-9;1-4-5(2)3;4*1-2/h2-7H,1,8H2;4H2,1-3H3;4*1-2H3. The van der Waals surface area contributed by atoms with E-state index in [0.717, 1.165) is 12.3 Å². The molecule has 1 rings (SSSR count). The summed E-state index contributed by atoms with van der Waals surface area (Å²) in [6.45, 7) is 23.4. The molecular formula is C21H45NO. The molecule has 0 radical (unpaired) electrons. The van der Waals surface area contributed by atoms with Crippen molar-refractivity contribution in [1.29, 1.82) is 0 Å². The lowest BCUT2D eigenvalue weighted by molar-refractivity contribution is 0.363. The molecule has 0 aliphatic carbocycles. The Balaban J connectivity index is -0.0000000709. The third-order valence-electron chi connectivity index (χ3n) is 1.74. The molecule has 2 heteroatoms. The summed E-state index contributed by atoms with van der Waals surface area (Å²) in [5.41, 5.74) is 0. The third kappa shape index (κ3) is 44.9. The van der Waals surface area contributed by atoms with Gasteiger partial charge in [-0.05, 0) is 32.8 Å². The van der Waals surface area contributed by atoms with Crippen LogP contribution in [-0.2, 0) is 0 Å². The monoisotopic (exact) mass is 327 g/mol. The van der Waals surface area contributed by atoms with Crippen molar-refractivity contribution in [2.24, 2.45) is 0 Å². The van der Waals surface area contributed by atoms with Crippen LogP contribution in [0.5, 0.6) is 5.75 Å². The zero-order valence-corrected chi connectivity index (χ0v) is 17.9. The second-order valence-electron chi connectivity index (χ2n) is 3.31. The SMILES string of the molecule is C=CCOc1ccccc1.CC.CC.CC.CC.CCN(C)C. The van der Waals surface area contributed by atoms with E-state index in [1.807, 2.05) is 85.7 Å². The van der Waals surface area contributed by atoms with E-state index in [2.05, 4.69) is 32.5 Å². The summed E-state index contributed by atoms with van der Waals surface area (Å²) in [5.74, 6) is 0.891. The molecule has 0 spiro atoms. The van der Waals surface area contributed by atoms with E-state index in [1.54, 1.807) is 6.08 Å². The Labute approximate surface area is 148 Å². The van der Waals surface area contributed by atoms with Crippen LogP contribution < -0.4 is 4.74 Å². The fourth-order valence-electron chi connectivity index (χ4n) is 0.672. The van der Waals surface area contributed by atoms with Crippen molar-refractivity contribution in [1.82, 2.24) is 4.90 Å². The highest BCUT2D eigenvalue weighted by Crippen LogP contribution is 2.07. The van der Waals surface area contributed by atoms with Crippen LogP contribution in [0.2, 0.25) is 0 Å². The molecule has 0 saturated carbocycles. The zero-order chi connectivity index (χ0) is 19.5. The van der Waals surface area contributed by atoms with Gasteiger partial charge in [-0.15, -0.1) is 0 Å². The molecule has 0 saturated heterocycles. The normalized spacial score (nSPS) is 6.96. The van der Waals surface area contributed by atoms with Crippen LogP contribution in [0, 0.1) is 0 Å². The second kappa shape index (κ2) is 42.8. The Morgan fingerprint density at radius 2 is 1.22 bits per heavy atom. The average Bonchev–Trinajstić information content (AvgIpc) is 2.68. The van der Waals surface area contributed by atoms with Crippen LogP contribution in [0.1, 0.15) is 62.3 Å². The van der Waals surface area contributed by atoms with Gasteiger partial charge >= 0.3 is 0 Å². The summed E-state index contributed by atoms with van der Waals surface area (Å²) in [6, 6.07) is 9.69. The van der Waals surface area contributed by atoms with Gasteiger partial charge in [-0.25, -0.2) is 0 Å². The number of nitrogens with zero attached hydrogens (tertiary/aromatic N) is 1. The maximum atomic E-state index is 5.24. The fourth-order valence-corrected chi connectivity index (χ4v) is 0.672. The highest BCUT2D eigenvalue weighted by atomic mass is 16.5. The zero-order valence-electron chi connectivity index (χ0n) is 17.9. The first kappa shape index (κ1) is 33.4. The summed E-state index contributed by atoms with van der Waals surface area (Å²) < 4.78 is 5.24. The van der Waals surface area contributed by atoms with E-state index in [0.29, 0.717) is 6.61 Å². The predicted octanol–water partition coefficient (Wildman–Crippen LogP) is 6.92. The van der Waals surface area contributed by atoms with Crippen molar-refractivity contribution in [3.63, 3.8) is 0 Å². The number of para-hydroxylation sites is 1. The van der Waals surface area contributed by atoms with Gasteiger partial charge in [0.2, 0.25) is 0 Å². The summed E-state index contributed by atoms with van der Waals surface area (Å²) >= 11 is 0. The Kier molecular flexibility index (Phi) is 62.1. The van der Waals surface area contributed by atoms with Crippen LogP contribution in [0.3, 0.4) is 0 Å². The number of hydrogen-bond donors (Lipinski definition) is 0. The van der Waals surface area contributed by atoms with Gasteiger partial charge in [0.15, 0.2) is 0 Å². The first-order valence-electron chi connectivity index (χ1n) is 9.14. The molecule has 1 aromatic carbocycles. The molecule has 0 N–H and O–H groups in total. The van der Waals surface area contributed by atoms with Crippen molar-refractivity contribution in [3.05, 3.63) is 43.0 Å². The van der Waals surface area contributed by atoms with Gasteiger partial charge in [-0.1, -0.05) is 93.2 Å². The maximum absolute atomic E-state index is 5.24. The summed E-state index contributed by atoms with van der Waals surface area (Å²) in [4.78, 5) is 2.12. The molecule has 0 aliphatic rings. The molecule has 0 aromatic heterocycles. The molecule has 23 heavy (non-hydrogen) atoms. The fraction of sp³-hybridized carbons (Fsp3) is 0.619. The van der Waals surface area contributed by atoms with Gasteiger partial charge in [0, 0.05) is 0 Å². The van der Waals surface area contributed by atoms with E-state index >= 15 is 0 Å². The lowest BCUT2D eigenvalue weighted by Crippen LogP contribution is -2.08. The van der Waals surface area contributed by atoms with Crippen LogP contribution >= 0.6 is 0 Å². The molecule has 0 atom stereocenters. The van der Waals surface area contributed by atoms with E-state index in [9.17, 15) is 0 Å². The minimum Gasteiger partial charge on any atom is -0.490 e. The van der Waals surface area contributed by atoms with Crippen molar-refractivity contribution >= 4 is 0 Å². The smallest absolute Gasteiger partial charge is 0.119 e. The minimum absolute atomic E-state index is 0.573. The quantitative estimate of drug-likeness (QED) is 0.556. The summed E-state index contributed by atoms with van der Waals surface area (Å²) in [7, 11) is 4.11. The maximum Gasteiger partial charge on any atom is 0.119 e. The summed E-state index contributed by atoms with van der Waals surface area (Å²) in [5, 5.41) is 0. The highest BCUT2D eigenvalue weighted by molar-refractivity contribution is 5.20. The van der Waals surface area contributed by atoms with Gasteiger partial charge in [0.1, 0.15) is 12.4 Å². The van der Waals surface area contributed by atoms with Gasteiger partial charge in [0.25, 0.3) is 0 Å². The molecule has 0 bridgehead atoms. The molecule has 2 nitrogen and oxygen atoms in total. The van der Waals surface area contributed by atoms with Crippen molar-refractivity contribution in [3.8, 4) is 5.75 Å². The first-order chi connectivity index (χ1) is 11.2. The molecule has 0 amide bonds. The Hall–Kier alpha value is -1.28. The lowest BCUT2D eigenvalue weighted by atomic mass is 10.3. The molecule has 140 valence electrons. The summed E-state index contributed by atoms with van der Waals surface area (Å²) in [6.07, 6.45) is 1.73. The number of ether oxygens (including phenoxy) is 1. The van der Waals surface area contributed by atoms with Crippen LogP contribution in [-0.4, -0.2) is 32.1 Å². The van der Waals surface area contributed by atoms with Gasteiger partial charge in [0.05, 0.1) is 0 Å². The van der Waals surface area contributed by atoms with E-state index in [1.165, 1.54) is 0 Å². The van der Waals surface area contributed by atoms with Gasteiger partial charge in [-0.3, -0.25) is 0 Å².